The van der Waals surface area contributed by atoms with E-state index in [1.807, 2.05) is 12.1 Å². The molecular formula is C13H18Cl3NO2S. The van der Waals surface area contributed by atoms with Crippen LogP contribution >= 0.6 is 35.6 Å². The normalized spacial score (nSPS) is 24.6. The van der Waals surface area contributed by atoms with Gasteiger partial charge in [-0.05, 0) is 17.7 Å². The molecule has 0 spiro atoms. The Kier molecular flexibility index (Phi) is 7.98. The van der Waals surface area contributed by atoms with E-state index in [1.165, 1.54) is 0 Å². The van der Waals surface area contributed by atoms with Gasteiger partial charge in [-0.25, -0.2) is 0 Å². The highest BCUT2D eigenvalue weighted by Crippen LogP contribution is 2.32. The van der Waals surface area contributed by atoms with Gasteiger partial charge in [-0.15, -0.1) is 12.4 Å². The lowest BCUT2D eigenvalue weighted by atomic mass is 9.97. The van der Waals surface area contributed by atoms with E-state index in [2.05, 4.69) is 5.32 Å². The summed E-state index contributed by atoms with van der Waals surface area (Å²) in [6, 6.07) is 5.54. The summed E-state index contributed by atoms with van der Waals surface area (Å²) in [5.41, 5.74) is 0.994. The summed E-state index contributed by atoms with van der Waals surface area (Å²) in [7, 11) is 0. The Bertz CT molecular complexity index is 434. The second-order valence-corrected chi connectivity index (χ2v) is 6.96. The lowest BCUT2D eigenvalue weighted by Gasteiger charge is -2.25. The molecule has 0 bridgehead atoms. The first-order valence-electron chi connectivity index (χ1n) is 6.15. The molecule has 0 aliphatic carbocycles. The molecule has 3 nitrogen and oxygen atoms in total. The highest BCUT2D eigenvalue weighted by Gasteiger charge is 2.29. The zero-order valence-corrected chi connectivity index (χ0v) is 14.2. The van der Waals surface area contributed by atoms with E-state index in [1.54, 1.807) is 12.3 Å². The minimum atomic E-state index is -0.854. The molecule has 20 heavy (non-hydrogen) atoms. The topological polar surface area (TPSA) is 44.3 Å². The van der Waals surface area contributed by atoms with Gasteiger partial charge in [0.1, 0.15) is 5.75 Å². The summed E-state index contributed by atoms with van der Waals surface area (Å²) < 4.78 is 17.4. The molecule has 0 radical (unpaired) electrons. The van der Waals surface area contributed by atoms with Crippen LogP contribution in [-0.4, -0.2) is 36.3 Å². The number of rotatable bonds is 3. The number of halogens is 3. The molecule has 7 heteroatoms. The number of benzene rings is 1. The van der Waals surface area contributed by atoms with Gasteiger partial charge in [-0.1, -0.05) is 40.4 Å². The maximum atomic E-state index is 11.5. The molecule has 1 heterocycles. The molecule has 114 valence electrons. The molecule has 1 fully saturated rings. The van der Waals surface area contributed by atoms with Crippen molar-refractivity contribution in [2.45, 2.75) is 6.10 Å². The first-order chi connectivity index (χ1) is 9.08. The summed E-state index contributed by atoms with van der Waals surface area (Å²) in [4.78, 5) is 0. The molecule has 0 aromatic heterocycles. The number of ether oxygens (including phenoxy) is 1. The summed E-state index contributed by atoms with van der Waals surface area (Å²) >= 11 is 11.1. The van der Waals surface area contributed by atoms with Crippen molar-refractivity contribution >= 4 is 46.8 Å². The molecule has 0 saturated carbocycles. The molecule has 1 aliphatic rings. The van der Waals surface area contributed by atoms with Crippen LogP contribution in [0.15, 0.2) is 18.2 Å². The van der Waals surface area contributed by atoms with Gasteiger partial charge in [0.05, 0.1) is 29.0 Å². The Balaban J connectivity index is 0.00000200. The van der Waals surface area contributed by atoms with Gasteiger partial charge in [0.2, 0.25) is 0 Å². The average molecular weight is 359 g/mol. The third-order valence-corrected chi connectivity index (χ3v) is 4.77. The fourth-order valence-corrected chi connectivity index (χ4v) is 3.50. The maximum Gasteiger partial charge on any atom is 0.112 e. The maximum absolute atomic E-state index is 11.5. The monoisotopic (exact) mass is 357 g/mol. The van der Waals surface area contributed by atoms with Crippen molar-refractivity contribution in [3.05, 3.63) is 33.8 Å². The summed E-state index contributed by atoms with van der Waals surface area (Å²) in [5, 5.41) is 4.37. The first-order valence-corrected chi connectivity index (χ1v) is 8.63. The highest BCUT2D eigenvalue weighted by molar-refractivity contribution is 7.90. The van der Waals surface area contributed by atoms with Gasteiger partial charge < -0.3 is 14.6 Å². The van der Waals surface area contributed by atoms with Crippen LogP contribution in [-0.2, 0) is 15.9 Å². The Hall–Kier alpha value is 0.320. The third kappa shape index (κ3) is 4.95. The van der Waals surface area contributed by atoms with Gasteiger partial charge >= 0.3 is 0 Å². The Labute approximate surface area is 138 Å². The summed E-state index contributed by atoms with van der Waals surface area (Å²) in [6.07, 6.45) is 1.63. The minimum absolute atomic E-state index is 0. The summed E-state index contributed by atoms with van der Waals surface area (Å²) in [5.74, 6) is 0.781. The zero-order chi connectivity index (χ0) is 13.8. The SMILES string of the molecule is C[S+]([O-])C[C@@H]1CNCCO[C@H]1c1ccc(Cl)c(Cl)c1.Cl. The van der Waals surface area contributed by atoms with Crippen LogP contribution in [0.1, 0.15) is 11.7 Å². The van der Waals surface area contributed by atoms with Crippen molar-refractivity contribution in [2.75, 3.05) is 31.7 Å². The molecule has 0 amide bonds. The second kappa shape index (κ2) is 8.69. The average Bonchev–Trinajstić information content (AvgIpc) is 2.57. The van der Waals surface area contributed by atoms with Gasteiger partial charge in [-0.2, -0.15) is 0 Å². The van der Waals surface area contributed by atoms with E-state index in [9.17, 15) is 4.55 Å². The van der Waals surface area contributed by atoms with Crippen LogP contribution in [0.5, 0.6) is 0 Å². The van der Waals surface area contributed by atoms with Gasteiger partial charge in [-0.3, -0.25) is 0 Å². The Morgan fingerprint density at radius 3 is 2.80 bits per heavy atom. The molecular weight excluding hydrogens is 341 g/mol. The Morgan fingerprint density at radius 2 is 2.15 bits per heavy atom. The predicted molar refractivity (Wildman–Crippen MR) is 87.7 cm³/mol. The molecule has 1 unspecified atom stereocenters. The van der Waals surface area contributed by atoms with E-state index in [-0.39, 0.29) is 24.4 Å². The quantitative estimate of drug-likeness (QED) is 0.845. The third-order valence-electron chi connectivity index (χ3n) is 3.13. The zero-order valence-electron chi connectivity index (χ0n) is 11.1. The molecule has 3 atom stereocenters. The van der Waals surface area contributed by atoms with E-state index in [0.717, 1.165) is 18.7 Å². The molecule has 2 rings (SSSR count). The molecule has 1 aromatic carbocycles. The second-order valence-electron chi connectivity index (χ2n) is 4.67. The van der Waals surface area contributed by atoms with Crippen molar-refractivity contribution in [2.24, 2.45) is 5.92 Å². The summed E-state index contributed by atoms with van der Waals surface area (Å²) in [6.45, 7) is 2.24. The largest absolute Gasteiger partial charge is 0.617 e. The van der Waals surface area contributed by atoms with Crippen LogP contribution in [0.25, 0.3) is 0 Å². The van der Waals surface area contributed by atoms with Crippen LogP contribution in [0.2, 0.25) is 10.0 Å². The molecule has 1 aromatic rings. The van der Waals surface area contributed by atoms with Crippen LogP contribution in [0.4, 0.5) is 0 Å². The van der Waals surface area contributed by atoms with Crippen LogP contribution in [0.3, 0.4) is 0 Å². The fraction of sp³-hybridized carbons (Fsp3) is 0.538. The van der Waals surface area contributed by atoms with Crippen LogP contribution < -0.4 is 5.32 Å². The first kappa shape index (κ1) is 18.4. The van der Waals surface area contributed by atoms with E-state index >= 15 is 0 Å². The number of nitrogens with one attached hydrogen (secondary N) is 1. The minimum Gasteiger partial charge on any atom is -0.617 e. The molecule has 1 saturated heterocycles. The van der Waals surface area contributed by atoms with Crippen molar-refractivity contribution in [1.82, 2.24) is 5.32 Å². The fourth-order valence-electron chi connectivity index (χ4n) is 2.29. The van der Waals surface area contributed by atoms with Crippen molar-refractivity contribution in [3.63, 3.8) is 0 Å². The standard InChI is InChI=1S/C13H17Cl2NO2S.ClH/c1-19(17)8-10-7-16-4-5-18-13(10)9-2-3-11(14)12(15)6-9;/h2-3,6,10,13,16H,4-5,7-8H2,1H3;1H/t10-,13-,19?;/m0./s1. The van der Waals surface area contributed by atoms with E-state index in [4.69, 9.17) is 27.9 Å². The smallest absolute Gasteiger partial charge is 0.112 e. The van der Waals surface area contributed by atoms with E-state index in [0.29, 0.717) is 22.4 Å². The Morgan fingerprint density at radius 1 is 1.40 bits per heavy atom. The van der Waals surface area contributed by atoms with Crippen molar-refractivity contribution < 1.29 is 9.29 Å². The predicted octanol–water partition coefficient (Wildman–Crippen LogP) is 3.07. The van der Waals surface area contributed by atoms with Crippen LogP contribution in [0, 0.1) is 5.92 Å². The lowest BCUT2D eigenvalue weighted by Crippen LogP contribution is -2.30. The van der Waals surface area contributed by atoms with Crippen molar-refractivity contribution in [3.8, 4) is 0 Å². The van der Waals surface area contributed by atoms with E-state index < -0.39 is 11.2 Å². The van der Waals surface area contributed by atoms with Gasteiger partial charge in [0, 0.05) is 19.0 Å². The molecule has 1 N–H and O–H groups in total. The number of hydrogen-bond acceptors (Lipinski definition) is 3. The van der Waals surface area contributed by atoms with Crippen molar-refractivity contribution in [1.29, 1.82) is 0 Å². The van der Waals surface area contributed by atoms with Gasteiger partial charge in [0.25, 0.3) is 0 Å². The highest BCUT2D eigenvalue weighted by atomic mass is 35.5. The molecule has 1 aliphatic heterocycles. The van der Waals surface area contributed by atoms with Gasteiger partial charge in [0.15, 0.2) is 0 Å². The lowest BCUT2D eigenvalue weighted by molar-refractivity contribution is 0.0369. The number of hydrogen-bond donors (Lipinski definition) is 1.